The van der Waals surface area contributed by atoms with Gasteiger partial charge in [-0.05, 0) is 43.2 Å². The number of aliphatic hydroxyl groups is 1. The number of rotatable bonds is 2. The summed E-state index contributed by atoms with van der Waals surface area (Å²) in [4.78, 5) is 30.3. The first-order valence-electron chi connectivity index (χ1n) is 9.84. The molecule has 8 nitrogen and oxygen atoms in total. The molecule has 0 fully saturated rings. The van der Waals surface area contributed by atoms with Gasteiger partial charge >= 0.3 is 5.97 Å². The molecule has 5 rings (SSSR count). The van der Waals surface area contributed by atoms with Crippen LogP contribution in [0.4, 0.5) is 0 Å². The Hall–Kier alpha value is -3.23. The number of phenolic OH excluding ortho intramolecular Hbond substituents is 1. The van der Waals surface area contributed by atoms with Gasteiger partial charge in [-0.2, -0.15) is 0 Å². The van der Waals surface area contributed by atoms with Crippen molar-refractivity contribution in [3.05, 3.63) is 56.9 Å². The van der Waals surface area contributed by atoms with Crippen LogP contribution in [0.3, 0.4) is 0 Å². The summed E-state index contributed by atoms with van der Waals surface area (Å²) in [5.41, 5.74) is 8.04. The van der Waals surface area contributed by atoms with E-state index >= 15 is 0 Å². The zero-order valence-electron chi connectivity index (χ0n) is 16.6. The van der Waals surface area contributed by atoms with E-state index in [1.165, 1.54) is 0 Å². The minimum Gasteiger partial charge on any atom is -0.508 e. The SMILES string of the molecule is CC[C@@]1(O)C(=O)OCc2c1cc1n(c2=O)Cc2c-1nc1ccc(O)cc1c2[C@@H](C)N. The summed E-state index contributed by atoms with van der Waals surface area (Å²) in [5, 5.41) is 21.7. The molecule has 2 atom stereocenters. The van der Waals surface area contributed by atoms with Crippen molar-refractivity contribution in [2.24, 2.45) is 5.73 Å². The van der Waals surface area contributed by atoms with Crippen molar-refractivity contribution >= 4 is 16.9 Å². The standard InChI is InChI=1S/C22H21N3O5/c1-3-22(29)15-7-17-19-13(8-25(17)20(27)14(15)9-30-21(22)28)18(10(2)23)12-6-11(26)4-5-16(12)24-19/h4-7,10,26,29H,3,8-9,23H2,1-2H3/t10-,22+/m1/s1. The Balaban J connectivity index is 1.85. The number of fused-ring (bicyclic) bond motifs is 5. The number of carbonyl (C=O) groups is 1. The molecule has 0 radical (unpaired) electrons. The van der Waals surface area contributed by atoms with Crippen molar-refractivity contribution in [3.63, 3.8) is 0 Å². The van der Waals surface area contributed by atoms with Crippen LogP contribution in [0, 0.1) is 0 Å². The Morgan fingerprint density at radius 3 is 2.77 bits per heavy atom. The third-order valence-electron chi connectivity index (χ3n) is 6.17. The van der Waals surface area contributed by atoms with Crippen LogP contribution >= 0.6 is 0 Å². The number of benzene rings is 1. The highest BCUT2D eigenvalue weighted by Gasteiger charge is 2.45. The fourth-order valence-corrected chi connectivity index (χ4v) is 4.62. The number of carbonyl (C=O) groups excluding carboxylic acids is 1. The second kappa shape index (κ2) is 6.13. The highest BCUT2D eigenvalue weighted by molar-refractivity contribution is 5.90. The lowest BCUT2D eigenvalue weighted by molar-refractivity contribution is -0.172. The first-order chi connectivity index (χ1) is 14.3. The third-order valence-corrected chi connectivity index (χ3v) is 6.17. The number of ether oxygens (including phenoxy) is 1. The predicted molar refractivity (Wildman–Crippen MR) is 109 cm³/mol. The summed E-state index contributed by atoms with van der Waals surface area (Å²) in [7, 11) is 0. The van der Waals surface area contributed by atoms with E-state index in [-0.39, 0.29) is 48.0 Å². The normalized spacial score (nSPS) is 20.5. The summed E-state index contributed by atoms with van der Waals surface area (Å²) in [6.07, 6.45) is 0.0874. The quantitative estimate of drug-likeness (QED) is 0.432. The first kappa shape index (κ1) is 18.8. The highest BCUT2D eigenvalue weighted by atomic mass is 16.6. The lowest BCUT2D eigenvalue weighted by atomic mass is 9.86. The van der Waals surface area contributed by atoms with Gasteiger partial charge in [-0.15, -0.1) is 0 Å². The van der Waals surface area contributed by atoms with Crippen LogP contribution in [0.5, 0.6) is 5.75 Å². The monoisotopic (exact) mass is 407 g/mol. The van der Waals surface area contributed by atoms with Crippen molar-refractivity contribution in [2.45, 2.75) is 45.1 Å². The van der Waals surface area contributed by atoms with Crippen molar-refractivity contribution in [1.29, 1.82) is 0 Å². The molecule has 2 aliphatic rings. The average Bonchev–Trinajstić information content (AvgIpc) is 3.07. The van der Waals surface area contributed by atoms with Gasteiger partial charge in [0.15, 0.2) is 5.60 Å². The largest absolute Gasteiger partial charge is 0.508 e. The molecule has 0 aliphatic carbocycles. The van der Waals surface area contributed by atoms with E-state index in [0.29, 0.717) is 16.9 Å². The van der Waals surface area contributed by atoms with Crippen LogP contribution in [0.1, 0.15) is 48.6 Å². The molecule has 0 unspecified atom stereocenters. The number of nitrogens with two attached hydrogens (primary N) is 1. The van der Waals surface area contributed by atoms with Gasteiger partial charge in [-0.3, -0.25) is 4.79 Å². The Kier molecular flexibility index (Phi) is 3.84. The number of pyridine rings is 2. The lowest BCUT2D eigenvalue weighted by Gasteiger charge is -2.31. The van der Waals surface area contributed by atoms with Crippen LogP contribution in [-0.4, -0.2) is 25.7 Å². The van der Waals surface area contributed by atoms with Gasteiger partial charge in [-0.1, -0.05) is 6.92 Å². The Morgan fingerprint density at radius 1 is 1.30 bits per heavy atom. The molecule has 4 heterocycles. The molecule has 30 heavy (non-hydrogen) atoms. The molecular weight excluding hydrogens is 386 g/mol. The zero-order valence-corrected chi connectivity index (χ0v) is 16.6. The van der Waals surface area contributed by atoms with E-state index < -0.39 is 11.6 Å². The van der Waals surface area contributed by atoms with E-state index in [4.69, 9.17) is 15.5 Å². The van der Waals surface area contributed by atoms with Crippen molar-refractivity contribution in [3.8, 4) is 17.1 Å². The first-order valence-corrected chi connectivity index (χ1v) is 9.84. The van der Waals surface area contributed by atoms with Gasteiger partial charge in [0.2, 0.25) is 0 Å². The zero-order chi connectivity index (χ0) is 21.4. The summed E-state index contributed by atoms with van der Waals surface area (Å²) in [5.74, 6) is -0.642. The van der Waals surface area contributed by atoms with E-state index in [1.54, 1.807) is 35.8 Å². The Labute approximate surface area is 171 Å². The maximum absolute atomic E-state index is 13.3. The van der Waals surface area contributed by atoms with Crippen LogP contribution in [0.25, 0.3) is 22.3 Å². The molecule has 0 bridgehead atoms. The molecule has 1 aromatic carbocycles. The molecule has 2 aromatic heterocycles. The van der Waals surface area contributed by atoms with E-state index in [2.05, 4.69) is 0 Å². The van der Waals surface area contributed by atoms with Gasteiger partial charge in [0.1, 0.15) is 12.4 Å². The molecule has 0 amide bonds. The summed E-state index contributed by atoms with van der Waals surface area (Å²) < 4.78 is 6.68. The van der Waals surface area contributed by atoms with E-state index in [1.807, 2.05) is 6.92 Å². The lowest BCUT2D eigenvalue weighted by Crippen LogP contribution is -2.44. The number of cyclic esters (lactones) is 1. The molecule has 154 valence electrons. The van der Waals surface area contributed by atoms with Crippen LogP contribution in [0.2, 0.25) is 0 Å². The number of esters is 1. The molecule has 3 aromatic rings. The molecule has 8 heteroatoms. The van der Waals surface area contributed by atoms with Gasteiger partial charge < -0.3 is 25.3 Å². The second-order valence-electron chi connectivity index (χ2n) is 7.95. The average molecular weight is 407 g/mol. The summed E-state index contributed by atoms with van der Waals surface area (Å²) >= 11 is 0. The number of aromatic hydroxyl groups is 1. The Bertz CT molecular complexity index is 1310. The van der Waals surface area contributed by atoms with E-state index in [9.17, 15) is 19.8 Å². The number of phenols is 1. The molecular formula is C22H21N3O5. The number of nitrogens with zero attached hydrogens (tertiary/aromatic N) is 2. The van der Waals surface area contributed by atoms with Crippen molar-refractivity contribution < 1.29 is 19.7 Å². The highest BCUT2D eigenvalue weighted by Crippen LogP contribution is 2.41. The maximum atomic E-state index is 13.3. The number of aromatic nitrogens is 2. The Morgan fingerprint density at radius 2 is 2.07 bits per heavy atom. The van der Waals surface area contributed by atoms with E-state index in [0.717, 1.165) is 16.5 Å². The van der Waals surface area contributed by atoms with Crippen LogP contribution in [0.15, 0.2) is 29.1 Å². The van der Waals surface area contributed by atoms with Gasteiger partial charge in [0.05, 0.1) is 29.0 Å². The van der Waals surface area contributed by atoms with Gasteiger partial charge in [-0.25, -0.2) is 9.78 Å². The molecule has 2 aliphatic heterocycles. The third kappa shape index (κ3) is 2.31. The molecule has 0 saturated carbocycles. The number of hydrogen-bond donors (Lipinski definition) is 3. The topological polar surface area (TPSA) is 128 Å². The smallest absolute Gasteiger partial charge is 0.343 e. The predicted octanol–water partition coefficient (Wildman–Crippen LogP) is 1.80. The second-order valence-corrected chi connectivity index (χ2v) is 7.95. The van der Waals surface area contributed by atoms with Crippen LogP contribution < -0.4 is 11.3 Å². The van der Waals surface area contributed by atoms with Crippen molar-refractivity contribution in [1.82, 2.24) is 9.55 Å². The summed E-state index contributed by atoms with van der Waals surface area (Å²) in [6, 6.07) is 6.20. The van der Waals surface area contributed by atoms with Gasteiger partial charge in [0, 0.05) is 22.6 Å². The van der Waals surface area contributed by atoms with Gasteiger partial charge in [0.25, 0.3) is 5.56 Å². The van der Waals surface area contributed by atoms with Crippen LogP contribution in [-0.2, 0) is 28.3 Å². The summed E-state index contributed by atoms with van der Waals surface area (Å²) in [6.45, 7) is 3.61. The minimum absolute atomic E-state index is 0.0874. The minimum atomic E-state index is -1.86. The van der Waals surface area contributed by atoms with Crippen molar-refractivity contribution in [2.75, 3.05) is 0 Å². The molecule has 0 spiro atoms. The fraction of sp³-hybridized carbons (Fsp3) is 0.318. The fourth-order valence-electron chi connectivity index (χ4n) is 4.62. The maximum Gasteiger partial charge on any atom is 0.343 e. The molecule has 0 saturated heterocycles. The number of hydrogen-bond acceptors (Lipinski definition) is 7. The molecule has 4 N–H and O–H groups in total.